The number of hydrogen-bond acceptors (Lipinski definition) is 6. The third-order valence-electron chi connectivity index (χ3n) is 12.2. The van der Waals surface area contributed by atoms with Crippen molar-refractivity contribution in [2.75, 3.05) is 13.2 Å². The minimum Gasteiger partial charge on any atom is -0.462 e. The average Bonchev–Trinajstić information content (AvgIpc) is 3.27. The van der Waals surface area contributed by atoms with Crippen LogP contribution in [0.1, 0.15) is 297 Å². The number of esters is 3. The van der Waals surface area contributed by atoms with Crippen molar-refractivity contribution >= 4 is 17.9 Å². The first kappa shape index (κ1) is 59.9. The Hall–Kier alpha value is -2.11. The SMILES string of the molecule is CCCCC/C=C\C/C=C\CCCCCCCC(=O)OC(COC(=O)CCCCCCCCCCC)COC(=O)CCCCCCCCCCCCCCCCCCCCCC. The summed E-state index contributed by atoms with van der Waals surface area (Å²) in [5, 5.41) is 0. The van der Waals surface area contributed by atoms with E-state index in [1.54, 1.807) is 0 Å². The molecule has 0 aromatic rings. The summed E-state index contributed by atoms with van der Waals surface area (Å²) in [6.45, 7) is 6.62. The normalized spacial score (nSPS) is 12.1. The Balaban J connectivity index is 4.24. The summed E-state index contributed by atoms with van der Waals surface area (Å²) in [4.78, 5) is 37.9. The molecule has 0 fully saturated rings. The van der Waals surface area contributed by atoms with E-state index in [0.29, 0.717) is 19.3 Å². The summed E-state index contributed by atoms with van der Waals surface area (Å²) in [7, 11) is 0. The highest BCUT2D eigenvalue weighted by atomic mass is 16.6. The van der Waals surface area contributed by atoms with Crippen molar-refractivity contribution < 1.29 is 28.6 Å². The van der Waals surface area contributed by atoms with Gasteiger partial charge in [-0.05, 0) is 51.4 Å². The van der Waals surface area contributed by atoms with Gasteiger partial charge in [-0.3, -0.25) is 14.4 Å². The van der Waals surface area contributed by atoms with Gasteiger partial charge in [-0.2, -0.15) is 0 Å². The van der Waals surface area contributed by atoms with E-state index in [4.69, 9.17) is 14.2 Å². The highest BCUT2D eigenvalue weighted by Gasteiger charge is 2.19. The van der Waals surface area contributed by atoms with Crippen LogP contribution >= 0.6 is 0 Å². The van der Waals surface area contributed by atoms with Crippen LogP contribution in [0.25, 0.3) is 0 Å². The lowest BCUT2D eigenvalue weighted by molar-refractivity contribution is -0.167. The van der Waals surface area contributed by atoms with Gasteiger partial charge >= 0.3 is 17.9 Å². The fraction of sp³-hybridized carbons (Fsp3) is 0.875. The second-order valence-electron chi connectivity index (χ2n) is 18.5. The largest absolute Gasteiger partial charge is 0.462 e. The van der Waals surface area contributed by atoms with Crippen molar-refractivity contribution in [2.24, 2.45) is 0 Å². The Morgan fingerprint density at radius 3 is 0.919 bits per heavy atom. The number of carbonyl (C=O) groups excluding carboxylic acids is 3. The predicted molar refractivity (Wildman–Crippen MR) is 266 cm³/mol. The highest BCUT2D eigenvalue weighted by molar-refractivity contribution is 5.71. The Labute approximate surface area is 385 Å². The number of carbonyl (C=O) groups is 3. The molecule has 0 aliphatic carbocycles. The maximum atomic E-state index is 12.8. The van der Waals surface area contributed by atoms with Gasteiger partial charge in [0.15, 0.2) is 6.10 Å². The molecular weight excluding hydrogens is 769 g/mol. The van der Waals surface area contributed by atoms with Crippen LogP contribution in [0.5, 0.6) is 0 Å². The molecule has 0 aliphatic heterocycles. The second kappa shape index (κ2) is 51.5. The predicted octanol–water partition coefficient (Wildman–Crippen LogP) is 17.9. The van der Waals surface area contributed by atoms with E-state index < -0.39 is 6.10 Å². The van der Waals surface area contributed by atoms with Crippen LogP contribution < -0.4 is 0 Å². The first-order valence-electron chi connectivity index (χ1n) is 27.3. The van der Waals surface area contributed by atoms with Crippen molar-refractivity contribution in [3.8, 4) is 0 Å². The van der Waals surface area contributed by atoms with Crippen LogP contribution in [0.4, 0.5) is 0 Å². The molecule has 0 aromatic carbocycles. The molecule has 0 spiro atoms. The quantitative estimate of drug-likeness (QED) is 0.0262. The van der Waals surface area contributed by atoms with Gasteiger partial charge in [-0.25, -0.2) is 0 Å². The summed E-state index contributed by atoms with van der Waals surface area (Å²) >= 11 is 0. The van der Waals surface area contributed by atoms with Crippen LogP contribution in [0.15, 0.2) is 24.3 Å². The molecule has 1 atom stereocenters. The van der Waals surface area contributed by atoms with Crippen LogP contribution in [0.3, 0.4) is 0 Å². The van der Waals surface area contributed by atoms with E-state index in [9.17, 15) is 14.4 Å². The third kappa shape index (κ3) is 48.9. The van der Waals surface area contributed by atoms with Crippen molar-refractivity contribution in [1.29, 1.82) is 0 Å². The molecule has 0 saturated carbocycles. The monoisotopic (exact) mass is 873 g/mol. The standard InChI is InChI=1S/C56H104O6/c1-4-7-10-13-16-19-21-23-25-26-27-28-29-31-32-34-37-40-43-46-49-55(58)61-52-53(51-60-54(57)48-45-42-39-36-18-15-12-9-6-3)62-56(59)50-47-44-41-38-35-33-30-24-22-20-17-14-11-8-5-2/h17,20,24,30,53H,4-16,18-19,21-23,25-29,31-52H2,1-3H3/b20-17-,30-24-. The summed E-state index contributed by atoms with van der Waals surface area (Å²) in [6.07, 6.45) is 58.9. The lowest BCUT2D eigenvalue weighted by atomic mass is 10.0. The molecule has 0 aromatic heterocycles. The molecule has 0 bridgehead atoms. The number of rotatable bonds is 50. The Morgan fingerprint density at radius 2 is 0.581 bits per heavy atom. The number of allylic oxidation sites excluding steroid dienone is 4. The van der Waals surface area contributed by atoms with Gasteiger partial charge in [0.05, 0.1) is 0 Å². The fourth-order valence-corrected chi connectivity index (χ4v) is 8.06. The molecule has 0 N–H and O–H groups in total. The zero-order valence-corrected chi connectivity index (χ0v) is 41.7. The minimum absolute atomic E-state index is 0.0722. The summed E-state index contributed by atoms with van der Waals surface area (Å²) in [5.74, 6) is -0.873. The Kier molecular flexibility index (Phi) is 49.8. The number of ether oxygens (including phenoxy) is 3. The Morgan fingerprint density at radius 1 is 0.323 bits per heavy atom. The molecule has 6 heteroatoms. The van der Waals surface area contributed by atoms with Gasteiger partial charge in [0, 0.05) is 19.3 Å². The smallest absolute Gasteiger partial charge is 0.306 e. The molecule has 62 heavy (non-hydrogen) atoms. The average molecular weight is 873 g/mol. The summed E-state index contributed by atoms with van der Waals surface area (Å²) < 4.78 is 16.8. The number of hydrogen-bond donors (Lipinski definition) is 0. The van der Waals surface area contributed by atoms with Crippen molar-refractivity contribution in [3.05, 3.63) is 24.3 Å². The third-order valence-corrected chi connectivity index (χ3v) is 12.2. The molecule has 0 saturated heterocycles. The summed E-state index contributed by atoms with van der Waals surface area (Å²) in [6, 6.07) is 0. The van der Waals surface area contributed by atoms with Gasteiger partial charge in [0.2, 0.25) is 0 Å². The molecule has 0 heterocycles. The second-order valence-corrected chi connectivity index (χ2v) is 18.5. The maximum Gasteiger partial charge on any atom is 0.306 e. The number of unbranched alkanes of at least 4 members (excludes halogenated alkanes) is 35. The van der Waals surface area contributed by atoms with Crippen LogP contribution in [-0.2, 0) is 28.6 Å². The molecule has 1 unspecified atom stereocenters. The van der Waals surface area contributed by atoms with Crippen LogP contribution in [0, 0.1) is 0 Å². The molecule has 0 aliphatic rings. The van der Waals surface area contributed by atoms with Crippen molar-refractivity contribution in [3.63, 3.8) is 0 Å². The minimum atomic E-state index is -0.772. The molecular formula is C56H104O6. The first-order chi connectivity index (χ1) is 30.5. The highest BCUT2D eigenvalue weighted by Crippen LogP contribution is 2.16. The van der Waals surface area contributed by atoms with Crippen molar-refractivity contribution in [2.45, 2.75) is 303 Å². The fourth-order valence-electron chi connectivity index (χ4n) is 8.06. The van der Waals surface area contributed by atoms with E-state index in [2.05, 4.69) is 45.1 Å². The van der Waals surface area contributed by atoms with Gasteiger partial charge in [0.1, 0.15) is 13.2 Å². The van der Waals surface area contributed by atoms with Gasteiger partial charge < -0.3 is 14.2 Å². The van der Waals surface area contributed by atoms with Gasteiger partial charge in [0.25, 0.3) is 0 Å². The van der Waals surface area contributed by atoms with Crippen LogP contribution in [-0.4, -0.2) is 37.2 Å². The maximum absolute atomic E-state index is 12.8. The molecule has 364 valence electrons. The van der Waals surface area contributed by atoms with E-state index in [0.717, 1.165) is 77.0 Å². The molecule has 6 nitrogen and oxygen atoms in total. The Bertz CT molecular complexity index is 1000. The zero-order chi connectivity index (χ0) is 45.1. The molecule has 0 rings (SSSR count). The lowest BCUT2D eigenvalue weighted by Crippen LogP contribution is -2.30. The molecule has 0 radical (unpaired) electrons. The van der Waals surface area contributed by atoms with Crippen LogP contribution in [0.2, 0.25) is 0 Å². The topological polar surface area (TPSA) is 78.9 Å². The zero-order valence-electron chi connectivity index (χ0n) is 41.7. The van der Waals surface area contributed by atoms with Crippen molar-refractivity contribution in [1.82, 2.24) is 0 Å². The summed E-state index contributed by atoms with van der Waals surface area (Å²) in [5.41, 5.74) is 0. The van der Waals surface area contributed by atoms with E-state index in [1.807, 2.05) is 0 Å². The van der Waals surface area contributed by atoms with E-state index in [1.165, 1.54) is 180 Å². The van der Waals surface area contributed by atoms with E-state index >= 15 is 0 Å². The lowest BCUT2D eigenvalue weighted by Gasteiger charge is -2.18. The molecule has 0 amide bonds. The van der Waals surface area contributed by atoms with Gasteiger partial charge in [-0.1, -0.05) is 251 Å². The first-order valence-corrected chi connectivity index (χ1v) is 27.3. The van der Waals surface area contributed by atoms with Gasteiger partial charge in [-0.15, -0.1) is 0 Å². The van der Waals surface area contributed by atoms with E-state index in [-0.39, 0.29) is 31.1 Å².